The van der Waals surface area contributed by atoms with Crippen molar-refractivity contribution >= 4 is 17.4 Å². The largest absolute Gasteiger partial charge is 0.394 e. The molecule has 3 aromatic rings. The summed E-state index contributed by atoms with van der Waals surface area (Å²) in [6.07, 6.45) is -6.19. The summed E-state index contributed by atoms with van der Waals surface area (Å²) in [5.41, 5.74) is 0.154. The predicted octanol–water partition coefficient (Wildman–Crippen LogP) is 2.74. The van der Waals surface area contributed by atoms with Gasteiger partial charge in [-0.15, -0.1) is 5.10 Å². The Morgan fingerprint density at radius 3 is 2.44 bits per heavy atom. The maximum atomic E-state index is 13.7. The SMILES string of the molecule is CCC(=O)[C@@H](OCc1ccc(F)c(Cl)c1)[C@@H]1OC(CO)[C@H](O)[C@H](n2cc(-c3cc(F)c(F)c(F)c3)nn2)C1O. The molecule has 9 nitrogen and oxygen atoms in total. The maximum Gasteiger partial charge on any atom is 0.194 e. The minimum absolute atomic E-state index is 0.0202. The number of halogens is 5. The van der Waals surface area contributed by atoms with Gasteiger partial charge >= 0.3 is 0 Å². The number of Topliss-reactive ketones (excluding diaryl/α,β-unsaturated/α-hetero) is 1. The van der Waals surface area contributed by atoms with E-state index >= 15 is 0 Å². The Balaban J connectivity index is 1.63. The molecule has 1 aliphatic rings. The van der Waals surface area contributed by atoms with Gasteiger partial charge in [-0.1, -0.05) is 29.8 Å². The Labute approximate surface area is 224 Å². The highest BCUT2D eigenvalue weighted by Gasteiger charge is 2.50. The molecule has 1 saturated heterocycles. The minimum atomic E-state index is -1.66. The minimum Gasteiger partial charge on any atom is -0.394 e. The highest BCUT2D eigenvalue weighted by atomic mass is 35.5. The van der Waals surface area contributed by atoms with Gasteiger partial charge in [-0.05, 0) is 29.8 Å². The summed E-state index contributed by atoms with van der Waals surface area (Å²) in [6, 6.07) is 3.88. The van der Waals surface area contributed by atoms with Crippen LogP contribution in [0.2, 0.25) is 5.02 Å². The van der Waals surface area contributed by atoms with Crippen LogP contribution in [0, 0.1) is 23.3 Å². The number of carbonyl (C=O) groups is 1. The molecule has 14 heteroatoms. The molecule has 6 atom stereocenters. The Bertz CT molecular complexity index is 1320. The molecule has 0 spiro atoms. The van der Waals surface area contributed by atoms with Crippen molar-refractivity contribution in [3.8, 4) is 11.3 Å². The molecular formula is C25H24ClF4N3O6. The van der Waals surface area contributed by atoms with Gasteiger partial charge in [-0.2, -0.15) is 0 Å². The summed E-state index contributed by atoms with van der Waals surface area (Å²) in [7, 11) is 0. The zero-order chi connectivity index (χ0) is 28.4. The fourth-order valence-corrected chi connectivity index (χ4v) is 4.54. The third-order valence-electron chi connectivity index (χ3n) is 6.40. The Hall–Kier alpha value is -2.94. The number of ether oxygens (including phenoxy) is 2. The summed E-state index contributed by atoms with van der Waals surface area (Å²) in [5, 5.41) is 39.4. The van der Waals surface area contributed by atoms with Crippen molar-refractivity contribution < 1.29 is 47.1 Å². The molecule has 4 rings (SSSR count). The fraction of sp³-hybridized carbons (Fsp3) is 0.400. The van der Waals surface area contributed by atoms with E-state index in [2.05, 4.69) is 10.3 Å². The number of hydrogen-bond donors (Lipinski definition) is 3. The lowest BCUT2D eigenvalue weighted by molar-refractivity contribution is -0.234. The summed E-state index contributed by atoms with van der Waals surface area (Å²) >= 11 is 5.81. The van der Waals surface area contributed by atoms with Crippen molar-refractivity contribution in [1.29, 1.82) is 0 Å². The standard InChI is InChI=1S/C25H24ClF4N3O6/c1-2-18(35)24(38-10-11-3-4-14(27)13(26)5-11)25-23(37)21(22(36)19(9-34)39-25)33-8-17(31-32-33)12-6-15(28)20(30)16(29)7-12/h3-8,19,21-25,34,36-37H,2,9-10H2,1H3/t19?,21-,22-,23?,24+,25+/m0/s1. The van der Waals surface area contributed by atoms with Gasteiger partial charge in [-0.25, -0.2) is 22.2 Å². The topological polar surface area (TPSA) is 127 Å². The number of benzene rings is 2. The molecule has 0 aliphatic carbocycles. The van der Waals surface area contributed by atoms with Crippen molar-refractivity contribution in [3.05, 3.63) is 70.4 Å². The quantitative estimate of drug-likeness (QED) is 0.263. The molecule has 0 radical (unpaired) electrons. The smallest absolute Gasteiger partial charge is 0.194 e. The van der Waals surface area contributed by atoms with Crippen LogP contribution < -0.4 is 0 Å². The molecule has 0 bridgehead atoms. The number of aliphatic hydroxyl groups excluding tert-OH is 3. The van der Waals surface area contributed by atoms with E-state index in [-0.39, 0.29) is 29.3 Å². The van der Waals surface area contributed by atoms with Crippen LogP contribution >= 0.6 is 11.6 Å². The zero-order valence-corrected chi connectivity index (χ0v) is 21.1. The van der Waals surface area contributed by atoms with Crippen LogP contribution in [0.25, 0.3) is 11.3 Å². The van der Waals surface area contributed by atoms with Crippen LogP contribution in [-0.4, -0.2) is 73.2 Å². The van der Waals surface area contributed by atoms with Crippen LogP contribution in [0.1, 0.15) is 24.9 Å². The third-order valence-corrected chi connectivity index (χ3v) is 6.69. The van der Waals surface area contributed by atoms with Gasteiger partial charge in [0.25, 0.3) is 0 Å². The number of nitrogens with zero attached hydrogens (tertiary/aromatic N) is 3. The molecule has 1 fully saturated rings. The van der Waals surface area contributed by atoms with Crippen LogP contribution in [-0.2, 0) is 20.9 Å². The van der Waals surface area contributed by atoms with E-state index in [1.54, 1.807) is 6.92 Å². The van der Waals surface area contributed by atoms with Crippen molar-refractivity contribution in [2.24, 2.45) is 0 Å². The molecule has 1 aromatic heterocycles. The zero-order valence-electron chi connectivity index (χ0n) is 20.3. The van der Waals surface area contributed by atoms with E-state index in [0.717, 1.165) is 16.9 Å². The number of carbonyl (C=O) groups excluding carboxylic acids is 1. The molecule has 0 amide bonds. The fourth-order valence-electron chi connectivity index (χ4n) is 4.34. The monoisotopic (exact) mass is 573 g/mol. The molecular weight excluding hydrogens is 550 g/mol. The van der Waals surface area contributed by atoms with Gasteiger partial charge < -0.3 is 24.8 Å². The lowest BCUT2D eigenvalue weighted by Gasteiger charge is -2.44. The van der Waals surface area contributed by atoms with Crippen LogP contribution in [0.4, 0.5) is 17.6 Å². The van der Waals surface area contributed by atoms with E-state index in [1.165, 1.54) is 12.1 Å². The van der Waals surface area contributed by atoms with Gasteiger partial charge in [0.05, 0.1) is 24.4 Å². The average Bonchev–Trinajstić information content (AvgIpc) is 3.39. The van der Waals surface area contributed by atoms with E-state index in [0.29, 0.717) is 17.7 Å². The first-order chi connectivity index (χ1) is 18.5. The second-order valence-corrected chi connectivity index (χ2v) is 9.34. The molecule has 210 valence electrons. The predicted molar refractivity (Wildman–Crippen MR) is 127 cm³/mol. The number of ketones is 1. The third kappa shape index (κ3) is 5.98. The van der Waals surface area contributed by atoms with E-state index in [4.69, 9.17) is 21.1 Å². The first kappa shape index (κ1) is 29.1. The number of aliphatic hydroxyl groups is 3. The van der Waals surface area contributed by atoms with Crippen molar-refractivity contribution in [2.45, 2.75) is 56.5 Å². The van der Waals surface area contributed by atoms with Gasteiger partial charge in [-0.3, -0.25) is 4.79 Å². The van der Waals surface area contributed by atoms with Gasteiger partial charge in [0.15, 0.2) is 23.2 Å². The van der Waals surface area contributed by atoms with Crippen molar-refractivity contribution in [3.63, 3.8) is 0 Å². The van der Waals surface area contributed by atoms with Crippen molar-refractivity contribution in [1.82, 2.24) is 15.0 Å². The van der Waals surface area contributed by atoms with E-state index in [1.807, 2.05) is 0 Å². The Kier molecular flexibility index (Phi) is 8.99. The molecule has 2 aromatic carbocycles. The van der Waals surface area contributed by atoms with Gasteiger partial charge in [0.2, 0.25) is 0 Å². The molecule has 1 aliphatic heterocycles. The summed E-state index contributed by atoms with van der Waals surface area (Å²) < 4.78 is 66.8. The lowest BCUT2D eigenvalue weighted by atomic mass is 9.88. The molecule has 2 heterocycles. The first-order valence-corrected chi connectivity index (χ1v) is 12.2. The highest BCUT2D eigenvalue weighted by molar-refractivity contribution is 6.30. The second kappa shape index (κ2) is 12.1. The Morgan fingerprint density at radius 2 is 1.82 bits per heavy atom. The van der Waals surface area contributed by atoms with E-state index < -0.39 is 72.2 Å². The molecule has 3 N–H and O–H groups in total. The molecule has 0 saturated carbocycles. The normalized spacial score (nSPS) is 24.1. The first-order valence-electron chi connectivity index (χ1n) is 11.8. The lowest BCUT2D eigenvalue weighted by Crippen LogP contribution is -2.60. The van der Waals surface area contributed by atoms with Crippen molar-refractivity contribution in [2.75, 3.05) is 6.61 Å². The Morgan fingerprint density at radius 1 is 1.13 bits per heavy atom. The number of rotatable bonds is 9. The van der Waals surface area contributed by atoms with Crippen LogP contribution in [0.5, 0.6) is 0 Å². The average molecular weight is 574 g/mol. The summed E-state index contributed by atoms with van der Waals surface area (Å²) in [5.74, 6) is -5.69. The van der Waals surface area contributed by atoms with E-state index in [9.17, 15) is 37.7 Å². The maximum absolute atomic E-state index is 13.7. The number of hydrogen-bond acceptors (Lipinski definition) is 8. The summed E-state index contributed by atoms with van der Waals surface area (Å²) in [6.45, 7) is 0.635. The summed E-state index contributed by atoms with van der Waals surface area (Å²) in [4.78, 5) is 12.8. The highest BCUT2D eigenvalue weighted by Crippen LogP contribution is 2.34. The van der Waals surface area contributed by atoms with Gasteiger partial charge in [0, 0.05) is 12.0 Å². The molecule has 39 heavy (non-hydrogen) atoms. The second-order valence-electron chi connectivity index (χ2n) is 8.93. The van der Waals surface area contributed by atoms with Crippen LogP contribution in [0.3, 0.4) is 0 Å². The van der Waals surface area contributed by atoms with Gasteiger partial charge in [0.1, 0.15) is 48.1 Å². The molecule has 2 unspecified atom stereocenters. The number of aromatic nitrogens is 3. The van der Waals surface area contributed by atoms with Crippen LogP contribution in [0.15, 0.2) is 36.5 Å².